The first-order valence-electron chi connectivity index (χ1n) is 7.92. The minimum atomic E-state index is -1.00. The summed E-state index contributed by atoms with van der Waals surface area (Å²) in [6, 6.07) is 19.8. The molecule has 3 nitrogen and oxygen atoms in total. The Morgan fingerprint density at radius 1 is 0.818 bits per heavy atom. The lowest BCUT2D eigenvalue weighted by Crippen LogP contribution is -2.38. The zero-order valence-corrected chi connectivity index (χ0v) is 12.4. The topological polar surface area (TPSA) is 38.7 Å². The van der Waals surface area contributed by atoms with Crippen LogP contribution in [-0.2, 0) is 15.1 Å². The third kappa shape index (κ3) is 2.01. The monoisotopic (exact) mass is 296 g/mol. The van der Waals surface area contributed by atoms with Crippen LogP contribution in [0.3, 0.4) is 0 Å². The van der Waals surface area contributed by atoms with Crippen molar-refractivity contribution in [1.82, 2.24) is 0 Å². The Kier molecular flexibility index (Phi) is 3.30. The molecule has 0 radical (unpaired) electrons. The molecular formula is C19H20O3. The molecule has 1 saturated heterocycles. The molecule has 4 rings (SSSR count). The van der Waals surface area contributed by atoms with Crippen molar-refractivity contribution in [3.8, 4) is 0 Å². The molecular weight excluding hydrogens is 276 g/mol. The largest absolute Gasteiger partial charge is 0.365 e. The van der Waals surface area contributed by atoms with Crippen molar-refractivity contribution in [2.75, 3.05) is 0 Å². The highest BCUT2D eigenvalue weighted by Crippen LogP contribution is 2.52. The van der Waals surface area contributed by atoms with Crippen LogP contribution in [0.25, 0.3) is 0 Å². The van der Waals surface area contributed by atoms with Crippen molar-refractivity contribution in [1.29, 1.82) is 0 Å². The van der Waals surface area contributed by atoms with Crippen molar-refractivity contribution >= 4 is 0 Å². The van der Waals surface area contributed by atoms with Crippen molar-refractivity contribution in [3.05, 3.63) is 71.8 Å². The van der Waals surface area contributed by atoms with Crippen LogP contribution >= 0.6 is 0 Å². The number of benzene rings is 2. The van der Waals surface area contributed by atoms with E-state index in [1.807, 2.05) is 60.7 Å². The number of aliphatic hydroxyl groups excluding tert-OH is 1. The predicted octanol–water partition coefficient (Wildman–Crippen LogP) is 3.57. The van der Waals surface area contributed by atoms with Crippen molar-refractivity contribution < 1.29 is 14.6 Å². The second-order valence-corrected chi connectivity index (χ2v) is 6.16. The van der Waals surface area contributed by atoms with Crippen LogP contribution < -0.4 is 0 Å². The summed E-state index contributed by atoms with van der Waals surface area (Å²) in [5.74, 6) is -0.648. The molecule has 1 N–H and O–H groups in total. The minimum Gasteiger partial charge on any atom is -0.365 e. The van der Waals surface area contributed by atoms with Crippen LogP contribution in [0, 0.1) is 0 Å². The SMILES string of the molecule is OC1OC2(CCCC2)OC1(c1ccccc1)c1ccccc1. The summed E-state index contributed by atoms with van der Waals surface area (Å²) in [5.41, 5.74) is 0.905. The van der Waals surface area contributed by atoms with Gasteiger partial charge in [-0.2, -0.15) is 0 Å². The quantitative estimate of drug-likeness (QED) is 0.921. The zero-order chi connectivity index (χ0) is 15.0. The standard InChI is InChI=1S/C19H20O3/c20-17-19(15-9-3-1-4-10-15,16-11-5-2-6-12-16)22-18(21-17)13-7-8-14-18/h1-6,9-12,17,20H,7-8,13-14H2. The number of ether oxygens (including phenoxy) is 2. The maximum absolute atomic E-state index is 10.8. The molecule has 1 saturated carbocycles. The van der Waals surface area contributed by atoms with Gasteiger partial charge in [-0.3, -0.25) is 0 Å². The Balaban J connectivity index is 1.87. The highest BCUT2D eigenvalue weighted by Gasteiger charge is 2.59. The van der Waals surface area contributed by atoms with E-state index in [1.165, 1.54) is 0 Å². The molecule has 2 aromatic rings. The van der Waals surface area contributed by atoms with Crippen LogP contribution in [0.2, 0.25) is 0 Å². The van der Waals surface area contributed by atoms with E-state index in [9.17, 15) is 5.11 Å². The van der Waals surface area contributed by atoms with Gasteiger partial charge in [0, 0.05) is 12.8 Å². The van der Waals surface area contributed by atoms with Crippen LogP contribution in [0.1, 0.15) is 36.8 Å². The second kappa shape index (κ2) is 5.20. The van der Waals surface area contributed by atoms with E-state index in [-0.39, 0.29) is 0 Å². The van der Waals surface area contributed by atoms with Gasteiger partial charge in [0.05, 0.1) is 0 Å². The highest BCUT2D eigenvalue weighted by molar-refractivity contribution is 5.38. The van der Waals surface area contributed by atoms with E-state index < -0.39 is 17.7 Å². The summed E-state index contributed by atoms with van der Waals surface area (Å²) < 4.78 is 12.5. The molecule has 1 heterocycles. The molecule has 114 valence electrons. The first-order valence-corrected chi connectivity index (χ1v) is 7.92. The van der Waals surface area contributed by atoms with Gasteiger partial charge in [-0.25, -0.2) is 0 Å². The van der Waals surface area contributed by atoms with Gasteiger partial charge in [0.2, 0.25) is 0 Å². The number of aliphatic hydroxyl groups is 1. The predicted molar refractivity (Wildman–Crippen MR) is 83.0 cm³/mol. The van der Waals surface area contributed by atoms with Gasteiger partial charge in [0.25, 0.3) is 0 Å². The van der Waals surface area contributed by atoms with Gasteiger partial charge in [0.15, 0.2) is 17.7 Å². The maximum atomic E-state index is 10.8. The zero-order valence-electron chi connectivity index (χ0n) is 12.4. The summed E-state index contributed by atoms with van der Waals surface area (Å²) in [5, 5.41) is 10.8. The van der Waals surface area contributed by atoms with Crippen molar-refractivity contribution in [2.45, 2.75) is 43.4 Å². The molecule has 1 aliphatic carbocycles. The van der Waals surface area contributed by atoms with Crippen LogP contribution in [0.4, 0.5) is 0 Å². The Hall–Kier alpha value is -1.68. The van der Waals surface area contributed by atoms with Crippen molar-refractivity contribution in [3.63, 3.8) is 0 Å². The molecule has 2 aliphatic rings. The minimum absolute atomic E-state index is 0.648. The Morgan fingerprint density at radius 3 is 1.82 bits per heavy atom. The molecule has 22 heavy (non-hydrogen) atoms. The van der Waals surface area contributed by atoms with E-state index in [1.54, 1.807) is 0 Å². The van der Waals surface area contributed by atoms with Gasteiger partial charge >= 0.3 is 0 Å². The summed E-state index contributed by atoms with van der Waals surface area (Å²) in [4.78, 5) is 0. The summed E-state index contributed by atoms with van der Waals surface area (Å²) in [6.07, 6.45) is 2.82. The number of hydrogen-bond acceptors (Lipinski definition) is 3. The van der Waals surface area contributed by atoms with E-state index in [2.05, 4.69) is 0 Å². The molecule has 1 unspecified atom stereocenters. The lowest BCUT2D eigenvalue weighted by atomic mass is 9.85. The second-order valence-electron chi connectivity index (χ2n) is 6.16. The van der Waals surface area contributed by atoms with Crippen LogP contribution in [-0.4, -0.2) is 17.2 Å². The molecule has 0 aromatic heterocycles. The van der Waals surface area contributed by atoms with Gasteiger partial charge < -0.3 is 14.6 Å². The number of rotatable bonds is 2. The average Bonchev–Trinajstić information content (AvgIpc) is 3.14. The van der Waals surface area contributed by atoms with E-state index in [0.29, 0.717) is 0 Å². The molecule has 1 spiro atoms. The fraction of sp³-hybridized carbons (Fsp3) is 0.368. The molecule has 3 heteroatoms. The smallest absolute Gasteiger partial charge is 0.196 e. The molecule has 0 amide bonds. The maximum Gasteiger partial charge on any atom is 0.196 e. The third-order valence-electron chi connectivity index (χ3n) is 4.79. The Labute approximate surface area is 130 Å². The summed E-state index contributed by atoms with van der Waals surface area (Å²) in [6.45, 7) is 0. The van der Waals surface area contributed by atoms with Gasteiger partial charge in [-0.15, -0.1) is 0 Å². The summed E-state index contributed by atoms with van der Waals surface area (Å²) in [7, 11) is 0. The first-order chi connectivity index (χ1) is 10.8. The molecule has 1 atom stereocenters. The molecule has 0 bridgehead atoms. The fourth-order valence-corrected chi connectivity index (χ4v) is 3.73. The molecule has 2 aromatic carbocycles. The van der Waals surface area contributed by atoms with Gasteiger partial charge in [-0.05, 0) is 24.0 Å². The van der Waals surface area contributed by atoms with Crippen molar-refractivity contribution in [2.24, 2.45) is 0 Å². The third-order valence-corrected chi connectivity index (χ3v) is 4.79. The lowest BCUT2D eigenvalue weighted by molar-refractivity contribution is -0.195. The highest BCUT2D eigenvalue weighted by atomic mass is 16.8. The van der Waals surface area contributed by atoms with E-state index in [0.717, 1.165) is 36.8 Å². The van der Waals surface area contributed by atoms with Crippen LogP contribution in [0.5, 0.6) is 0 Å². The Bertz CT molecular complexity index is 593. The fourth-order valence-electron chi connectivity index (χ4n) is 3.73. The molecule has 2 fully saturated rings. The summed E-state index contributed by atoms with van der Waals surface area (Å²) >= 11 is 0. The van der Waals surface area contributed by atoms with E-state index >= 15 is 0 Å². The van der Waals surface area contributed by atoms with Gasteiger partial charge in [-0.1, -0.05) is 60.7 Å². The lowest BCUT2D eigenvalue weighted by Gasteiger charge is -2.32. The average molecular weight is 296 g/mol. The normalized spacial score (nSPS) is 25.6. The Morgan fingerprint density at radius 2 is 1.32 bits per heavy atom. The number of hydrogen-bond donors (Lipinski definition) is 1. The van der Waals surface area contributed by atoms with E-state index in [4.69, 9.17) is 9.47 Å². The van der Waals surface area contributed by atoms with Crippen LogP contribution in [0.15, 0.2) is 60.7 Å². The first kappa shape index (κ1) is 13.9. The molecule has 1 aliphatic heterocycles. The van der Waals surface area contributed by atoms with Gasteiger partial charge in [0.1, 0.15) is 0 Å².